The molecular weight excluding hydrogens is 365 g/mol. The molecular formula is C19H24FN5O3. The number of piperidine rings is 1. The zero-order chi connectivity index (χ0) is 19.9. The summed E-state index contributed by atoms with van der Waals surface area (Å²) in [5.74, 6) is -0.513. The van der Waals surface area contributed by atoms with E-state index in [0.29, 0.717) is 44.1 Å². The number of carbonyl (C=O) groups is 2. The van der Waals surface area contributed by atoms with Crippen molar-refractivity contribution in [2.24, 2.45) is 5.92 Å². The van der Waals surface area contributed by atoms with Crippen LogP contribution in [-0.4, -0.2) is 56.2 Å². The molecule has 2 heterocycles. The number of nitrogens with one attached hydrogen (secondary N) is 1. The Morgan fingerprint density at radius 3 is 2.46 bits per heavy atom. The summed E-state index contributed by atoms with van der Waals surface area (Å²) in [5, 5.41) is 20.5. The van der Waals surface area contributed by atoms with E-state index in [0.717, 1.165) is 12.8 Å². The molecule has 0 bridgehead atoms. The van der Waals surface area contributed by atoms with Gasteiger partial charge in [0.1, 0.15) is 18.5 Å². The first-order valence-corrected chi connectivity index (χ1v) is 9.34. The first-order chi connectivity index (χ1) is 13.5. The van der Waals surface area contributed by atoms with E-state index in [9.17, 15) is 19.1 Å². The van der Waals surface area contributed by atoms with Crippen LogP contribution >= 0.6 is 0 Å². The number of hydrogen-bond donors (Lipinski definition) is 2. The summed E-state index contributed by atoms with van der Waals surface area (Å²) in [4.78, 5) is 26.0. The average Bonchev–Trinajstić information content (AvgIpc) is 3.24. The van der Waals surface area contributed by atoms with Crippen molar-refractivity contribution in [2.45, 2.75) is 31.9 Å². The molecule has 1 atom stereocenters. The number of aliphatic hydroxyl groups is 1. The van der Waals surface area contributed by atoms with Crippen molar-refractivity contribution >= 4 is 11.8 Å². The Morgan fingerprint density at radius 2 is 1.82 bits per heavy atom. The van der Waals surface area contributed by atoms with Crippen molar-refractivity contribution in [1.82, 2.24) is 25.0 Å². The van der Waals surface area contributed by atoms with Gasteiger partial charge in [0, 0.05) is 32.6 Å². The second-order valence-electron chi connectivity index (χ2n) is 6.98. The van der Waals surface area contributed by atoms with E-state index < -0.39 is 11.9 Å². The molecule has 3 rings (SSSR count). The summed E-state index contributed by atoms with van der Waals surface area (Å²) in [6.07, 6.45) is 3.73. The lowest BCUT2D eigenvalue weighted by atomic mass is 9.96. The molecule has 2 amide bonds. The molecule has 1 aromatic carbocycles. The van der Waals surface area contributed by atoms with Crippen LogP contribution in [0.25, 0.3) is 0 Å². The highest BCUT2D eigenvalue weighted by Gasteiger charge is 2.28. The number of rotatable bonds is 7. The van der Waals surface area contributed by atoms with E-state index in [-0.39, 0.29) is 11.8 Å². The number of aromatic nitrogens is 3. The number of aryl methyl sites for hydroxylation is 1. The van der Waals surface area contributed by atoms with Crippen molar-refractivity contribution in [3.05, 3.63) is 48.3 Å². The quantitative estimate of drug-likeness (QED) is 0.733. The van der Waals surface area contributed by atoms with Gasteiger partial charge in [-0.3, -0.25) is 9.59 Å². The molecule has 150 valence electrons. The van der Waals surface area contributed by atoms with Crippen molar-refractivity contribution in [2.75, 3.05) is 19.6 Å². The van der Waals surface area contributed by atoms with E-state index in [1.54, 1.807) is 22.1 Å². The lowest BCUT2D eigenvalue weighted by molar-refractivity contribution is -0.142. The van der Waals surface area contributed by atoms with Crippen LogP contribution in [0.15, 0.2) is 36.9 Å². The third-order valence-corrected chi connectivity index (χ3v) is 5.00. The van der Waals surface area contributed by atoms with Gasteiger partial charge in [0.05, 0.1) is 0 Å². The summed E-state index contributed by atoms with van der Waals surface area (Å²) < 4.78 is 14.7. The molecule has 0 aliphatic carbocycles. The van der Waals surface area contributed by atoms with Crippen LogP contribution in [0.1, 0.15) is 30.9 Å². The van der Waals surface area contributed by atoms with Gasteiger partial charge < -0.3 is 19.9 Å². The first-order valence-electron chi connectivity index (χ1n) is 9.34. The Balaban J connectivity index is 1.38. The maximum atomic E-state index is 13.0. The lowest BCUT2D eigenvalue weighted by Crippen LogP contribution is -2.43. The third kappa shape index (κ3) is 5.35. The zero-order valence-electron chi connectivity index (χ0n) is 15.5. The monoisotopic (exact) mass is 389 g/mol. The van der Waals surface area contributed by atoms with E-state index in [1.807, 2.05) is 0 Å². The molecule has 8 nitrogen and oxygen atoms in total. The van der Waals surface area contributed by atoms with Crippen molar-refractivity contribution < 1.29 is 19.1 Å². The smallest absolute Gasteiger partial charge is 0.256 e. The van der Waals surface area contributed by atoms with Gasteiger partial charge in [-0.1, -0.05) is 12.1 Å². The zero-order valence-corrected chi connectivity index (χ0v) is 15.5. The number of nitrogens with zero attached hydrogens (tertiary/aromatic N) is 4. The van der Waals surface area contributed by atoms with Crippen molar-refractivity contribution in [3.8, 4) is 0 Å². The fourth-order valence-corrected chi connectivity index (χ4v) is 3.23. The molecule has 1 aromatic heterocycles. The Morgan fingerprint density at radius 1 is 1.18 bits per heavy atom. The van der Waals surface area contributed by atoms with E-state index in [1.165, 1.54) is 24.3 Å². The normalized spacial score (nSPS) is 16.0. The molecule has 1 aliphatic heterocycles. The molecule has 1 aliphatic rings. The molecule has 9 heteroatoms. The predicted molar refractivity (Wildman–Crippen MR) is 98.3 cm³/mol. The van der Waals surface area contributed by atoms with E-state index >= 15 is 0 Å². The first kappa shape index (κ1) is 19.9. The summed E-state index contributed by atoms with van der Waals surface area (Å²) in [6.45, 7) is 2.16. The van der Waals surface area contributed by atoms with Gasteiger partial charge in [-0.05, 0) is 36.5 Å². The van der Waals surface area contributed by atoms with Gasteiger partial charge in [0.15, 0.2) is 6.10 Å². The Hall–Kier alpha value is -2.81. The van der Waals surface area contributed by atoms with Crippen molar-refractivity contribution in [1.29, 1.82) is 0 Å². The second kappa shape index (κ2) is 9.41. The maximum absolute atomic E-state index is 13.0. The van der Waals surface area contributed by atoms with Gasteiger partial charge >= 0.3 is 0 Å². The topological polar surface area (TPSA) is 100 Å². The van der Waals surface area contributed by atoms with Gasteiger partial charge in [-0.15, -0.1) is 10.2 Å². The standard InChI is InChI=1S/C19H24FN5O3/c20-16-3-1-15(2-4-16)18(27)19(28)25-9-5-14(6-10-25)11-21-17(26)7-8-24-12-22-23-13-24/h1-4,12-14,18,27H,5-11H2,(H,21,26). The summed E-state index contributed by atoms with van der Waals surface area (Å²) in [7, 11) is 0. The number of aliphatic hydroxyl groups excluding tert-OH is 1. The molecule has 0 spiro atoms. The third-order valence-electron chi connectivity index (χ3n) is 5.00. The Labute approximate surface area is 162 Å². The number of likely N-dealkylation sites (tertiary alicyclic amines) is 1. The minimum atomic E-state index is -1.28. The Bertz CT molecular complexity index is 773. The number of benzene rings is 1. The van der Waals surface area contributed by atoms with E-state index in [2.05, 4.69) is 15.5 Å². The molecule has 0 saturated carbocycles. The van der Waals surface area contributed by atoms with Crippen molar-refractivity contribution in [3.63, 3.8) is 0 Å². The molecule has 1 unspecified atom stereocenters. The predicted octanol–water partition coefficient (Wildman–Crippen LogP) is 0.896. The molecule has 28 heavy (non-hydrogen) atoms. The van der Waals surface area contributed by atoms with Gasteiger partial charge in [-0.25, -0.2) is 4.39 Å². The van der Waals surface area contributed by atoms with Crippen LogP contribution in [0.2, 0.25) is 0 Å². The summed E-state index contributed by atoms with van der Waals surface area (Å²) in [6, 6.07) is 5.29. The number of halogens is 1. The highest BCUT2D eigenvalue weighted by molar-refractivity contribution is 5.82. The van der Waals surface area contributed by atoms with Crippen LogP contribution in [-0.2, 0) is 16.1 Å². The van der Waals surface area contributed by atoms with Gasteiger partial charge in [0.25, 0.3) is 5.91 Å². The van der Waals surface area contributed by atoms with Crippen LogP contribution in [0, 0.1) is 11.7 Å². The molecule has 1 saturated heterocycles. The summed E-state index contributed by atoms with van der Waals surface area (Å²) in [5.41, 5.74) is 0.383. The van der Waals surface area contributed by atoms with Gasteiger partial charge in [-0.2, -0.15) is 0 Å². The minimum Gasteiger partial charge on any atom is -0.378 e. The van der Waals surface area contributed by atoms with Gasteiger partial charge in [0.2, 0.25) is 5.91 Å². The fourth-order valence-electron chi connectivity index (χ4n) is 3.23. The summed E-state index contributed by atoms with van der Waals surface area (Å²) >= 11 is 0. The number of amides is 2. The van der Waals surface area contributed by atoms with Crippen LogP contribution < -0.4 is 5.32 Å². The Kier molecular flexibility index (Phi) is 6.70. The minimum absolute atomic E-state index is 0.0288. The lowest BCUT2D eigenvalue weighted by Gasteiger charge is -2.33. The number of hydrogen-bond acceptors (Lipinski definition) is 5. The average molecular weight is 389 g/mol. The largest absolute Gasteiger partial charge is 0.378 e. The molecule has 2 aromatic rings. The van der Waals surface area contributed by atoms with Crippen LogP contribution in [0.5, 0.6) is 0 Å². The van der Waals surface area contributed by atoms with E-state index in [4.69, 9.17) is 0 Å². The maximum Gasteiger partial charge on any atom is 0.256 e. The highest BCUT2D eigenvalue weighted by atomic mass is 19.1. The fraction of sp³-hybridized carbons (Fsp3) is 0.474. The second-order valence-corrected chi connectivity index (χ2v) is 6.98. The molecule has 2 N–H and O–H groups in total. The highest BCUT2D eigenvalue weighted by Crippen LogP contribution is 2.22. The molecule has 1 fully saturated rings. The van der Waals surface area contributed by atoms with Crippen LogP contribution in [0.4, 0.5) is 4.39 Å². The number of carbonyl (C=O) groups excluding carboxylic acids is 2. The SMILES string of the molecule is O=C(CCn1cnnc1)NCC1CCN(C(=O)C(O)c2ccc(F)cc2)CC1. The van der Waals surface area contributed by atoms with Crippen LogP contribution in [0.3, 0.4) is 0 Å². The molecule has 0 radical (unpaired) electrons.